The first kappa shape index (κ1) is 15.2. The first-order valence-corrected chi connectivity index (χ1v) is 6.76. The Morgan fingerprint density at radius 2 is 2.19 bits per heavy atom. The number of morpholine rings is 1. The number of nitro groups is 1. The molecule has 1 aliphatic heterocycles. The topological polar surface area (TPSA) is 99.6 Å². The second kappa shape index (κ2) is 7.02. The molecule has 0 amide bonds. The summed E-state index contributed by atoms with van der Waals surface area (Å²) in [6.07, 6.45) is 0.303. The van der Waals surface area contributed by atoms with Gasteiger partial charge < -0.3 is 14.7 Å². The zero-order chi connectivity index (χ0) is 15.2. The molecule has 7 heteroatoms. The summed E-state index contributed by atoms with van der Waals surface area (Å²) in [5.74, 6) is -0.543. The lowest BCUT2D eigenvalue weighted by atomic mass is 10.0. The summed E-state index contributed by atoms with van der Waals surface area (Å²) in [5, 5.41) is 29.2. The molecule has 112 valence electrons. The van der Waals surface area contributed by atoms with Crippen molar-refractivity contribution >= 4 is 11.4 Å². The normalized spacial score (nSPS) is 16.3. The first-order chi connectivity index (χ1) is 10.2. The van der Waals surface area contributed by atoms with Crippen LogP contribution in [0.2, 0.25) is 0 Å². The molecule has 7 nitrogen and oxygen atoms in total. The lowest BCUT2D eigenvalue weighted by Gasteiger charge is -2.28. The number of ether oxygens (including phenoxy) is 1. The minimum Gasteiger partial charge on any atom is -0.395 e. The van der Waals surface area contributed by atoms with Gasteiger partial charge in [-0.2, -0.15) is 5.26 Å². The zero-order valence-electron chi connectivity index (χ0n) is 11.6. The lowest BCUT2D eigenvalue weighted by molar-refractivity contribution is -0.384. The van der Waals surface area contributed by atoms with Crippen LogP contribution in [0.1, 0.15) is 5.56 Å². The van der Waals surface area contributed by atoms with Crippen molar-refractivity contribution in [1.29, 1.82) is 5.26 Å². The number of nitrogens with zero attached hydrogens (tertiary/aromatic N) is 3. The third-order valence-electron chi connectivity index (χ3n) is 3.47. The standard InChI is InChI=1S/C14H17N3O4/c15-9-12(10-18)7-11-1-2-13(14(8-11)17(19)20)16-3-5-21-6-4-16/h1-2,8,12,18H,3-7,10H2. The van der Waals surface area contributed by atoms with Crippen LogP contribution in [-0.4, -0.2) is 42.9 Å². The minimum atomic E-state index is -0.543. The number of aliphatic hydroxyl groups is 1. The third kappa shape index (κ3) is 3.68. The van der Waals surface area contributed by atoms with Gasteiger partial charge in [0.05, 0.1) is 36.7 Å². The maximum atomic E-state index is 11.3. The largest absolute Gasteiger partial charge is 0.395 e. The van der Waals surface area contributed by atoms with E-state index in [1.165, 1.54) is 6.07 Å². The Bertz CT molecular complexity index is 550. The van der Waals surface area contributed by atoms with Crippen LogP contribution < -0.4 is 4.90 Å². The summed E-state index contributed by atoms with van der Waals surface area (Å²) < 4.78 is 5.25. The van der Waals surface area contributed by atoms with E-state index in [1.807, 2.05) is 11.0 Å². The van der Waals surface area contributed by atoms with Crippen molar-refractivity contribution in [2.75, 3.05) is 37.8 Å². The summed E-state index contributed by atoms with van der Waals surface area (Å²) in [5.41, 5.74) is 1.29. The molecule has 0 aromatic heterocycles. The molecule has 2 rings (SSSR count). The van der Waals surface area contributed by atoms with Gasteiger partial charge >= 0.3 is 0 Å². The number of benzene rings is 1. The van der Waals surface area contributed by atoms with E-state index in [2.05, 4.69) is 0 Å². The minimum absolute atomic E-state index is 0.0315. The lowest BCUT2D eigenvalue weighted by Crippen LogP contribution is -2.36. The summed E-state index contributed by atoms with van der Waals surface area (Å²) in [7, 11) is 0. The van der Waals surface area contributed by atoms with Crippen molar-refractivity contribution < 1.29 is 14.8 Å². The molecule has 1 fully saturated rings. The average molecular weight is 291 g/mol. The van der Waals surface area contributed by atoms with Crippen LogP contribution in [0, 0.1) is 27.4 Å². The van der Waals surface area contributed by atoms with Crippen LogP contribution in [0.15, 0.2) is 18.2 Å². The Labute approximate surface area is 122 Å². The molecule has 1 aromatic carbocycles. The Morgan fingerprint density at radius 1 is 1.48 bits per heavy atom. The monoisotopic (exact) mass is 291 g/mol. The SMILES string of the molecule is N#CC(CO)Cc1ccc(N2CCOCC2)c([N+](=O)[O-])c1. The van der Waals surface area contributed by atoms with Gasteiger partial charge in [0, 0.05) is 19.2 Å². The number of aliphatic hydroxyl groups excluding tert-OH is 1. The average Bonchev–Trinajstić information content (AvgIpc) is 2.53. The van der Waals surface area contributed by atoms with Crippen molar-refractivity contribution in [1.82, 2.24) is 0 Å². The summed E-state index contributed by atoms with van der Waals surface area (Å²) in [6.45, 7) is 2.10. The van der Waals surface area contributed by atoms with E-state index in [1.54, 1.807) is 12.1 Å². The Hall–Kier alpha value is -2.17. The molecule has 1 N–H and O–H groups in total. The van der Waals surface area contributed by atoms with Gasteiger partial charge in [-0.3, -0.25) is 10.1 Å². The number of anilines is 1. The van der Waals surface area contributed by atoms with E-state index >= 15 is 0 Å². The fourth-order valence-electron chi connectivity index (χ4n) is 2.35. The molecule has 0 bridgehead atoms. The molecule has 1 atom stereocenters. The predicted molar refractivity (Wildman–Crippen MR) is 76.0 cm³/mol. The number of rotatable bonds is 5. The highest BCUT2D eigenvalue weighted by Crippen LogP contribution is 2.30. The maximum Gasteiger partial charge on any atom is 0.292 e. The van der Waals surface area contributed by atoms with Crippen LogP contribution in [-0.2, 0) is 11.2 Å². The van der Waals surface area contributed by atoms with Crippen molar-refractivity contribution in [3.63, 3.8) is 0 Å². The first-order valence-electron chi connectivity index (χ1n) is 6.76. The van der Waals surface area contributed by atoms with E-state index < -0.39 is 10.8 Å². The predicted octanol–water partition coefficient (Wildman–Crippen LogP) is 1.11. The van der Waals surface area contributed by atoms with Crippen molar-refractivity contribution in [2.45, 2.75) is 6.42 Å². The van der Waals surface area contributed by atoms with Crippen LogP contribution in [0.3, 0.4) is 0 Å². The van der Waals surface area contributed by atoms with E-state index in [9.17, 15) is 10.1 Å². The molecule has 0 radical (unpaired) electrons. The highest BCUT2D eigenvalue weighted by atomic mass is 16.6. The maximum absolute atomic E-state index is 11.3. The van der Waals surface area contributed by atoms with Crippen molar-refractivity contribution in [3.05, 3.63) is 33.9 Å². The highest BCUT2D eigenvalue weighted by molar-refractivity contribution is 5.64. The molecule has 1 heterocycles. The summed E-state index contributed by atoms with van der Waals surface area (Å²) in [6, 6.07) is 6.96. The smallest absolute Gasteiger partial charge is 0.292 e. The van der Waals surface area contributed by atoms with Gasteiger partial charge in [-0.1, -0.05) is 6.07 Å². The number of nitriles is 1. The van der Waals surface area contributed by atoms with Gasteiger partial charge in [0.25, 0.3) is 5.69 Å². The molecule has 1 aliphatic rings. The molecule has 1 aromatic rings. The fraction of sp³-hybridized carbons (Fsp3) is 0.500. The number of nitro benzene ring substituents is 1. The van der Waals surface area contributed by atoms with Gasteiger partial charge in [0.1, 0.15) is 5.69 Å². The van der Waals surface area contributed by atoms with E-state index in [0.717, 1.165) is 0 Å². The van der Waals surface area contributed by atoms with Gasteiger partial charge in [0.2, 0.25) is 0 Å². The third-order valence-corrected chi connectivity index (χ3v) is 3.47. The summed E-state index contributed by atoms with van der Waals surface area (Å²) >= 11 is 0. The Balaban J connectivity index is 2.26. The quantitative estimate of drug-likeness (QED) is 0.644. The molecule has 1 saturated heterocycles. The second-order valence-electron chi connectivity index (χ2n) is 4.89. The molecular weight excluding hydrogens is 274 g/mol. The van der Waals surface area contributed by atoms with Gasteiger partial charge in [-0.25, -0.2) is 0 Å². The van der Waals surface area contributed by atoms with Gasteiger partial charge in [0.15, 0.2) is 0 Å². The van der Waals surface area contributed by atoms with Gasteiger partial charge in [-0.05, 0) is 18.1 Å². The molecular formula is C14H17N3O4. The Morgan fingerprint density at radius 3 is 2.76 bits per heavy atom. The Kier molecular flexibility index (Phi) is 5.09. The summed E-state index contributed by atoms with van der Waals surface area (Å²) in [4.78, 5) is 12.8. The van der Waals surface area contributed by atoms with Crippen LogP contribution in [0.25, 0.3) is 0 Å². The number of hydrogen-bond donors (Lipinski definition) is 1. The van der Waals surface area contributed by atoms with Crippen LogP contribution >= 0.6 is 0 Å². The van der Waals surface area contributed by atoms with E-state index in [0.29, 0.717) is 44.0 Å². The molecule has 0 saturated carbocycles. The van der Waals surface area contributed by atoms with Crippen molar-refractivity contribution in [2.24, 2.45) is 5.92 Å². The van der Waals surface area contributed by atoms with Crippen LogP contribution in [0.5, 0.6) is 0 Å². The van der Waals surface area contributed by atoms with E-state index in [-0.39, 0.29) is 12.3 Å². The van der Waals surface area contributed by atoms with Crippen LogP contribution in [0.4, 0.5) is 11.4 Å². The molecule has 1 unspecified atom stereocenters. The second-order valence-corrected chi connectivity index (χ2v) is 4.89. The molecule has 0 aliphatic carbocycles. The van der Waals surface area contributed by atoms with Gasteiger partial charge in [-0.15, -0.1) is 0 Å². The van der Waals surface area contributed by atoms with Crippen molar-refractivity contribution in [3.8, 4) is 6.07 Å². The number of hydrogen-bond acceptors (Lipinski definition) is 6. The highest BCUT2D eigenvalue weighted by Gasteiger charge is 2.22. The molecule has 21 heavy (non-hydrogen) atoms. The zero-order valence-corrected chi connectivity index (χ0v) is 11.6. The molecule has 0 spiro atoms. The fourth-order valence-corrected chi connectivity index (χ4v) is 2.35. The van der Waals surface area contributed by atoms with E-state index in [4.69, 9.17) is 15.1 Å².